The first-order valence-corrected chi connectivity index (χ1v) is 10.9. The number of aromatic nitrogens is 4. The maximum Gasteiger partial charge on any atom is 0.236 e. The summed E-state index contributed by atoms with van der Waals surface area (Å²) >= 11 is 8.56. The number of anilines is 1. The van der Waals surface area contributed by atoms with Crippen molar-refractivity contribution in [1.29, 1.82) is 0 Å². The van der Waals surface area contributed by atoms with E-state index in [1.54, 1.807) is 12.1 Å². The molecule has 29 heavy (non-hydrogen) atoms. The topological polar surface area (TPSA) is 83.6 Å². The van der Waals surface area contributed by atoms with Crippen LogP contribution in [-0.4, -0.2) is 31.8 Å². The average molecular weight is 442 g/mol. The first kappa shape index (κ1) is 19.6. The Morgan fingerprint density at radius 2 is 1.83 bits per heavy atom. The van der Waals surface area contributed by atoms with Crippen molar-refractivity contribution in [3.05, 3.63) is 64.5 Å². The van der Waals surface area contributed by atoms with Crippen molar-refractivity contribution in [2.24, 2.45) is 0 Å². The fourth-order valence-electron chi connectivity index (χ4n) is 2.52. The van der Waals surface area contributed by atoms with Crippen LogP contribution in [0.3, 0.4) is 0 Å². The zero-order chi connectivity index (χ0) is 20.2. The molecule has 0 aliphatic heterocycles. The highest BCUT2D eigenvalue weighted by atomic mass is 35.5. The first-order chi connectivity index (χ1) is 14.1. The normalized spacial score (nSPS) is 10.8. The van der Waals surface area contributed by atoms with E-state index in [2.05, 4.69) is 25.5 Å². The van der Waals surface area contributed by atoms with Crippen LogP contribution in [0.4, 0.5) is 5.13 Å². The van der Waals surface area contributed by atoms with Crippen LogP contribution < -0.4 is 5.32 Å². The van der Waals surface area contributed by atoms with Gasteiger partial charge in [-0.05, 0) is 31.2 Å². The number of thiazole rings is 1. The molecule has 1 amide bonds. The number of aromatic amines is 1. The highest BCUT2D eigenvalue weighted by Gasteiger charge is 2.11. The molecule has 0 spiro atoms. The number of carbonyl (C=O) groups excluding carboxylic acids is 1. The number of nitrogens with one attached hydrogen (secondary N) is 2. The molecule has 146 valence electrons. The van der Waals surface area contributed by atoms with Gasteiger partial charge in [0.15, 0.2) is 11.0 Å². The summed E-state index contributed by atoms with van der Waals surface area (Å²) < 4.78 is 0. The van der Waals surface area contributed by atoms with E-state index in [0.29, 0.717) is 21.1 Å². The molecule has 4 rings (SSSR count). The third-order valence-corrected chi connectivity index (χ3v) is 5.87. The number of aryl methyl sites for hydroxylation is 1. The first-order valence-electron chi connectivity index (χ1n) is 8.70. The Bertz CT molecular complexity index is 1120. The summed E-state index contributed by atoms with van der Waals surface area (Å²) in [6, 6.07) is 15.4. The van der Waals surface area contributed by atoms with Gasteiger partial charge in [0.05, 0.1) is 11.4 Å². The Hall–Kier alpha value is -2.68. The van der Waals surface area contributed by atoms with Crippen LogP contribution >= 0.6 is 34.7 Å². The molecule has 0 bridgehead atoms. The molecule has 2 heterocycles. The Labute approximate surface area is 180 Å². The van der Waals surface area contributed by atoms with E-state index in [-0.39, 0.29) is 11.7 Å². The Morgan fingerprint density at radius 1 is 1.10 bits per heavy atom. The summed E-state index contributed by atoms with van der Waals surface area (Å²) in [5.74, 6) is 0.669. The smallest absolute Gasteiger partial charge is 0.236 e. The molecule has 0 fully saturated rings. The van der Waals surface area contributed by atoms with Crippen LogP contribution in [0.1, 0.15) is 5.56 Å². The Morgan fingerprint density at radius 3 is 2.59 bits per heavy atom. The molecular formula is C20H16ClN5OS2. The minimum atomic E-state index is -0.155. The molecule has 0 aliphatic rings. The van der Waals surface area contributed by atoms with Gasteiger partial charge in [0.1, 0.15) is 0 Å². The van der Waals surface area contributed by atoms with Gasteiger partial charge in [0, 0.05) is 21.5 Å². The molecule has 6 nitrogen and oxygen atoms in total. The van der Waals surface area contributed by atoms with Gasteiger partial charge in [-0.15, -0.1) is 16.4 Å². The molecule has 2 aromatic heterocycles. The maximum atomic E-state index is 12.2. The van der Waals surface area contributed by atoms with Crippen LogP contribution in [0.2, 0.25) is 5.02 Å². The number of carbonyl (C=O) groups is 1. The highest BCUT2D eigenvalue weighted by molar-refractivity contribution is 7.99. The van der Waals surface area contributed by atoms with Gasteiger partial charge in [-0.25, -0.2) is 9.97 Å². The third kappa shape index (κ3) is 5.03. The van der Waals surface area contributed by atoms with E-state index in [1.165, 1.54) is 28.7 Å². The van der Waals surface area contributed by atoms with Gasteiger partial charge >= 0.3 is 0 Å². The lowest BCUT2D eigenvalue weighted by molar-refractivity contribution is -0.113. The van der Waals surface area contributed by atoms with Gasteiger partial charge in [0.2, 0.25) is 11.1 Å². The minimum absolute atomic E-state index is 0.155. The monoisotopic (exact) mass is 441 g/mol. The average Bonchev–Trinajstić information content (AvgIpc) is 3.37. The molecule has 0 saturated carbocycles. The number of nitrogens with zero attached hydrogens (tertiary/aromatic N) is 3. The molecule has 4 aromatic rings. The van der Waals surface area contributed by atoms with E-state index >= 15 is 0 Å². The molecule has 9 heteroatoms. The summed E-state index contributed by atoms with van der Waals surface area (Å²) in [6.45, 7) is 2.04. The summed E-state index contributed by atoms with van der Waals surface area (Å²) in [7, 11) is 0. The van der Waals surface area contributed by atoms with Crippen molar-refractivity contribution < 1.29 is 4.79 Å². The molecule has 2 aromatic carbocycles. The SMILES string of the molecule is Cc1ccc(-c2csc(NC(=O)CSc3n[nH]c(-c4ccc(Cl)cc4)n3)n2)cc1. The lowest BCUT2D eigenvalue weighted by atomic mass is 10.1. The predicted octanol–water partition coefficient (Wildman–Crippen LogP) is 5.29. The van der Waals surface area contributed by atoms with E-state index < -0.39 is 0 Å². The summed E-state index contributed by atoms with van der Waals surface area (Å²) in [6.07, 6.45) is 0. The molecule has 0 saturated heterocycles. The van der Waals surface area contributed by atoms with Crippen molar-refractivity contribution in [3.8, 4) is 22.6 Å². The minimum Gasteiger partial charge on any atom is -0.301 e. The molecule has 0 atom stereocenters. The number of halogens is 1. The van der Waals surface area contributed by atoms with Crippen molar-refractivity contribution in [1.82, 2.24) is 20.2 Å². The van der Waals surface area contributed by atoms with Crippen LogP contribution in [0.5, 0.6) is 0 Å². The zero-order valence-corrected chi connectivity index (χ0v) is 17.7. The second kappa shape index (κ2) is 8.77. The lowest BCUT2D eigenvalue weighted by Crippen LogP contribution is -2.13. The number of amides is 1. The maximum absolute atomic E-state index is 12.2. The van der Waals surface area contributed by atoms with Crippen LogP contribution in [-0.2, 0) is 4.79 Å². The van der Waals surface area contributed by atoms with Crippen LogP contribution in [0, 0.1) is 6.92 Å². The van der Waals surface area contributed by atoms with Crippen molar-refractivity contribution in [3.63, 3.8) is 0 Å². The van der Waals surface area contributed by atoms with Gasteiger partial charge in [0.25, 0.3) is 0 Å². The van der Waals surface area contributed by atoms with Gasteiger partial charge in [-0.2, -0.15) is 0 Å². The second-order valence-corrected chi connectivity index (χ2v) is 8.45. The predicted molar refractivity (Wildman–Crippen MR) is 118 cm³/mol. The molecule has 2 N–H and O–H groups in total. The summed E-state index contributed by atoms with van der Waals surface area (Å²) in [5, 5.41) is 13.5. The zero-order valence-electron chi connectivity index (χ0n) is 15.3. The molecular weight excluding hydrogens is 426 g/mol. The number of H-pyrrole nitrogens is 1. The Kier molecular flexibility index (Phi) is 5.94. The summed E-state index contributed by atoms with van der Waals surface area (Å²) in [5.41, 5.74) is 3.95. The van der Waals surface area contributed by atoms with Crippen LogP contribution in [0.15, 0.2) is 59.1 Å². The third-order valence-electron chi connectivity index (χ3n) is 4.01. The number of thioether (sulfide) groups is 1. The van der Waals surface area contributed by atoms with Gasteiger partial charge < -0.3 is 5.32 Å². The fourth-order valence-corrected chi connectivity index (χ4v) is 3.98. The van der Waals surface area contributed by atoms with Crippen molar-refractivity contribution in [2.75, 3.05) is 11.1 Å². The fraction of sp³-hybridized carbons (Fsp3) is 0.100. The van der Waals surface area contributed by atoms with Crippen LogP contribution in [0.25, 0.3) is 22.6 Å². The van der Waals surface area contributed by atoms with E-state index in [9.17, 15) is 4.79 Å². The lowest BCUT2D eigenvalue weighted by Gasteiger charge is -2.00. The van der Waals surface area contributed by atoms with E-state index in [0.717, 1.165) is 16.8 Å². The standard InChI is InChI=1S/C20H16ClN5OS2/c1-12-2-4-13(5-3-12)16-10-28-19(22-16)23-17(27)11-29-20-24-18(25-26-20)14-6-8-15(21)9-7-14/h2-10H,11H2,1H3,(H,22,23,27)(H,24,25,26). The van der Waals surface area contributed by atoms with Crippen molar-refractivity contribution in [2.45, 2.75) is 12.1 Å². The highest BCUT2D eigenvalue weighted by Crippen LogP contribution is 2.26. The second-order valence-electron chi connectivity index (χ2n) is 6.21. The Balaban J connectivity index is 1.33. The van der Waals surface area contributed by atoms with Gasteiger partial charge in [-0.1, -0.05) is 53.2 Å². The van der Waals surface area contributed by atoms with Gasteiger partial charge in [-0.3, -0.25) is 9.89 Å². The van der Waals surface area contributed by atoms with E-state index in [1.807, 2.05) is 48.7 Å². The van der Waals surface area contributed by atoms with Crippen molar-refractivity contribution >= 4 is 45.7 Å². The quantitative estimate of drug-likeness (QED) is 0.397. The number of rotatable bonds is 6. The molecule has 0 radical (unpaired) electrons. The molecule has 0 unspecified atom stereocenters. The summed E-state index contributed by atoms with van der Waals surface area (Å²) in [4.78, 5) is 21.1. The largest absolute Gasteiger partial charge is 0.301 e. The number of benzene rings is 2. The van der Waals surface area contributed by atoms with E-state index in [4.69, 9.17) is 11.6 Å². The molecule has 0 aliphatic carbocycles. The number of hydrogen-bond acceptors (Lipinski definition) is 6. The number of hydrogen-bond donors (Lipinski definition) is 2.